The largest absolute Gasteiger partial charge is 0.497 e. The number of nitrogens with zero attached hydrogens (tertiary/aromatic N) is 2. The summed E-state index contributed by atoms with van der Waals surface area (Å²) in [5.74, 6) is 1.14. The third-order valence-corrected chi connectivity index (χ3v) is 5.12. The fourth-order valence-electron chi connectivity index (χ4n) is 3.11. The Balaban J connectivity index is 1.63. The standard InChI is InChI=1S/C16H20N2O2S/c1-20-13-5-3-12(4-6-13)10-18-11-16(15(18)19)7-8-17-14(9-16)21-2/h3-6H,7-11H2,1-2H3. The van der Waals surface area contributed by atoms with E-state index in [2.05, 4.69) is 4.99 Å². The van der Waals surface area contributed by atoms with Gasteiger partial charge in [0, 0.05) is 26.1 Å². The fourth-order valence-corrected chi connectivity index (χ4v) is 3.75. The highest BCUT2D eigenvalue weighted by atomic mass is 32.2. The van der Waals surface area contributed by atoms with Gasteiger partial charge in [0.15, 0.2) is 0 Å². The molecule has 21 heavy (non-hydrogen) atoms. The number of likely N-dealkylation sites (tertiary alicyclic amines) is 1. The van der Waals surface area contributed by atoms with Crippen molar-refractivity contribution in [3.63, 3.8) is 0 Å². The van der Waals surface area contributed by atoms with Crippen molar-refractivity contribution in [1.29, 1.82) is 0 Å². The zero-order valence-electron chi connectivity index (χ0n) is 12.5. The average molecular weight is 304 g/mol. The summed E-state index contributed by atoms with van der Waals surface area (Å²) in [6, 6.07) is 7.92. The summed E-state index contributed by atoms with van der Waals surface area (Å²) in [7, 11) is 1.66. The summed E-state index contributed by atoms with van der Waals surface area (Å²) >= 11 is 1.67. The van der Waals surface area contributed by atoms with E-state index < -0.39 is 0 Å². The van der Waals surface area contributed by atoms with Crippen LogP contribution in [0.3, 0.4) is 0 Å². The van der Waals surface area contributed by atoms with Crippen LogP contribution in [0.25, 0.3) is 0 Å². The molecular weight excluding hydrogens is 284 g/mol. The lowest BCUT2D eigenvalue weighted by atomic mass is 9.72. The summed E-state index contributed by atoms with van der Waals surface area (Å²) < 4.78 is 5.15. The van der Waals surface area contributed by atoms with E-state index in [9.17, 15) is 4.79 Å². The van der Waals surface area contributed by atoms with Crippen LogP contribution in [-0.2, 0) is 11.3 Å². The highest BCUT2D eigenvalue weighted by Crippen LogP contribution is 2.43. The van der Waals surface area contributed by atoms with Crippen LogP contribution in [0.1, 0.15) is 18.4 Å². The second-order valence-corrected chi connectivity index (χ2v) is 6.58. The molecule has 0 radical (unpaired) electrons. The van der Waals surface area contributed by atoms with Gasteiger partial charge in [-0.2, -0.15) is 0 Å². The fraction of sp³-hybridized carbons (Fsp3) is 0.500. The van der Waals surface area contributed by atoms with Crippen LogP contribution >= 0.6 is 11.8 Å². The molecule has 0 aromatic heterocycles. The normalized spacial score (nSPS) is 24.8. The van der Waals surface area contributed by atoms with Crippen LogP contribution < -0.4 is 4.74 Å². The van der Waals surface area contributed by atoms with Gasteiger partial charge in [0.25, 0.3) is 0 Å². The van der Waals surface area contributed by atoms with Crippen molar-refractivity contribution >= 4 is 22.7 Å². The van der Waals surface area contributed by atoms with Crippen molar-refractivity contribution in [3.8, 4) is 5.75 Å². The maximum atomic E-state index is 12.6. The molecule has 0 bridgehead atoms. The molecular formula is C16H20N2O2S. The van der Waals surface area contributed by atoms with Crippen molar-refractivity contribution in [2.24, 2.45) is 10.4 Å². The number of carbonyl (C=O) groups is 1. The third-order valence-electron chi connectivity index (χ3n) is 4.37. The van der Waals surface area contributed by atoms with Crippen molar-refractivity contribution in [2.75, 3.05) is 26.5 Å². The zero-order chi connectivity index (χ0) is 14.9. The molecule has 112 valence electrons. The van der Waals surface area contributed by atoms with Crippen LogP contribution in [0.4, 0.5) is 0 Å². The molecule has 1 aromatic rings. The number of β-lactam (4-membered cyclic amide) rings is 1. The van der Waals surface area contributed by atoms with Crippen LogP contribution in [0.5, 0.6) is 5.75 Å². The van der Waals surface area contributed by atoms with Gasteiger partial charge >= 0.3 is 0 Å². The Kier molecular flexibility index (Phi) is 3.93. The van der Waals surface area contributed by atoms with Gasteiger partial charge in [0.05, 0.1) is 17.6 Å². The highest BCUT2D eigenvalue weighted by molar-refractivity contribution is 8.13. The predicted molar refractivity (Wildman–Crippen MR) is 85.9 cm³/mol. The monoisotopic (exact) mass is 304 g/mol. The predicted octanol–water partition coefficient (Wildman–Crippen LogP) is 2.58. The first-order valence-electron chi connectivity index (χ1n) is 7.16. The second-order valence-electron chi connectivity index (χ2n) is 5.70. The molecule has 1 aromatic carbocycles. The molecule has 2 heterocycles. The van der Waals surface area contributed by atoms with E-state index in [-0.39, 0.29) is 5.41 Å². The van der Waals surface area contributed by atoms with E-state index in [1.165, 1.54) is 0 Å². The van der Waals surface area contributed by atoms with E-state index in [1.807, 2.05) is 35.4 Å². The minimum absolute atomic E-state index is 0.160. The summed E-state index contributed by atoms with van der Waals surface area (Å²) in [5.41, 5.74) is 0.987. The van der Waals surface area contributed by atoms with Crippen molar-refractivity contribution in [1.82, 2.24) is 4.90 Å². The Labute approximate surface area is 129 Å². The molecule has 1 spiro atoms. The number of aliphatic imine (C=N–C) groups is 1. The Morgan fingerprint density at radius 3 is 2.76 bits per heavy atom. The summed E-state index contributed by atoms with van der Waals surface area (Å²) in [6.45, 7) is 2.34. The number of thioether (sulfide) groups is 1. The number of carbonyl (C=O) groups excluding carboxylic acids is 1. The lowest BCUT2D eigenvalue weighted by Crippen LogP contribution is -2.62. The Bertz CT molecular complexity index is 570. The Hall–Kier alpha value is -1.49. The van der Waals surface area contributed by atoms with Gasteiger partial charge in [-0.1, -0.05) is 12.1 Å². The Morgan fingerprint density at radius 2 is 2.14 bits per heavy atom. The molecule has 3 rings (SSSR count). The summed E-state index contributed by atoms with van der Waals surface area (Å²) in [4.78, 5) is 19.0. The molecule has 5 heteroatoms. The van der Waals surface area contributed by atoms with E-state index in [1.54, 1.807) is 18.9 Å². The lowest BCUT2D eigenvalue weighted by Gasteiger charge is -2.50. The topological polar surface area (TPSA) is 41.9 Å². The second kappa shape index (κ2) is 5.72. The molecule has 1 unspecified atom stereocenters. The molecule has 0 N–H and O–H groups in total. The number of rotatable bonds is 3. The van der Waals surface area contributed by atoms with Crippen molar-refractivity contribution in [3.05, 3.63) is 29.8 Å². The smallest absolute Gasteiger partial charge is 0.231 e. The zero-order valence-corrected chi connectivity index (χ0v) is 13.3. The van der Waals surface area contributed by atoms with Crippen molar-refractivity contribution in [2.45, 2.75) is 19.4 Å². The molecule has 1 fully saturated rings. The molecule has 0 aliphatic carbocycles. The third kappa shape index (κ3) is 2.67. The van der Waals surface area contributed by atoms with Gasteiger partial charge in [-0.3, -0.25) is 9.79 Å². The molecule has 1 atom stereocenters. The van der Waals surface area contributed by atoms with Crippen molar-refractivity contribution < 1.29 is 9.53 Å². The van der Waals surface area contributed by atoms with E-state index in [4.69, 9.17) is 4.74 Å². The van der Waals surface area contributed by atoms with Crippen LogP contribution in [-0.4, -0.2) is 42.3 Å². The van der Waals surface area contributed by atoms with E-state index >= 15 is 0 Å². The van der Waals surface area contributed by atoms with Crippen LogP contribution in [0, 0.1) is 5.41 Å². The minimum Gasteiger partial charge on any atom is -0.497 e. The summed E-state index contributed by atoms with van der Waals surface area (Å²) in [5, 5.41) is 1.12. The van der Waals surface area contributed by atoms with Gasteiger partial charge in [0.1, 0.15) is 5.75 Å². The summed E-state index contributed by atoms with van der Waals surface area (Å²) in [6.07, 6.45) is 3.76. The molecule has 2 aliphatic heterocycles. The molecule has 2 aliphatic rings. The first-order chi connectivity index (χ1) is 10.2. The van der Waals surface area contributed by atoms with Crippen LogP contribution in [0.2, 0.25) is 0 Å². The maximum Gasteiger partial charge on any atom is 0.231 e. The first kappa shape index (κ1) is 14.4. The number of methoxy groups -OCH3 is 1. The maximum absolute atomic E-state index is 12.6. The quantitative estimate of drug-likeness (QED) is 0.806. The number of hydrogen-bond donors (Lipinski definition) is 0. The lowest BCUT2D eigenvalue weighted by molar-refractivity contribution is -0.161. The molecule has 4 nitrogen and oxygen atoms in total. The minimum atomic E-state index is -0.160. The average Bonchev–Trinajstić information content (AvgIpc) is 2.55. The van der Waals surface area contributed by atoms with Crippen LogP contribution in [0.15, 0.2) is 29.3 Å². The number of benzene rings is 1. The number of ether oxygens (including phenoxy) is 1. The SMILES string of the molecule is COc1ccc(CN2CC3(CCN=C(SC)C3)C2=O)cc1. The van der Waals surface area contributed by atoms with E-state index in [0.717, 1.165) is 42.3 Å². The molecule has 1 amide bonds. The van der Waals surface area contributed by atoms with Gasteiger partial charge in [-0.25, -0.2) is 0 Å². The van der Waals surface area contributed by atoms with Gasteiger partial charge in [-0.15, -0.1) is 11.8 Å². The highest BCUT2D eigenvalue weighted by Gasteiger charge is 2.52. The number of amides is 1. The van der Waals surface area contributed by atoms with Gasteiger partial charge in [0.2, 0.25) is 5.91 Å². The first-order valence-corrected chi connectivity index (χ1v) is 8.39. The Morgan fingerprint density at radius 1 is 1.38 bits per heavy atom. The van der Waals surface area contributed by atoms with Gasteiger partial charge < -0.3 is 9.64 Å². The molecule has 0 saturated carbocycles. The number of hydrogen-bond acceptors (Lipinski definition) is 4. The van der Waals surface area contributed by atoms with E-state index in [0.29, 0.717) is 12.5 Å². The van der Waals surface area contributed by atoms with Gasteiger partial charge in [-0.05, 0) is 30.4 Å². The molecule has 1 saturated heterocycles.